The van der Waals surface area contributed by atoms with E-state index in [0.29, 0.717) is 5.75 Å². The number of hydrogen-bond acceptors (Lipinski definition) is 4. The lowest BCUT2D eigenvalue weighted by atomic mass is 10.1. The number of ether oxygens (including phenoxy) is 3. The summed E-state index contributed by atoms with van der Waals surface area (Å²) < 4.78 is 52.5. The zero-order valence-electron chi connectivity index (χ0n) is 13.7. The second kappa shape index (κ2) is 7.92. The van der Waals surface area contributed by atoms with E-state index in [9.17, 15) is 18.0 Å². The molecule has 25 heavy (non-hydrogen) atoms. The van der Waals surface area contributed by atoms with Crippen molar-refractivity contribution >= 4 is 5.78 Å². The van der Waals surface area contributed by atoms with E-state index in [-0.39, 0.29) is 23.7 Å². The molecule has 0 atom stereocenters. The zero-order valence-corrected chi connectivity index (χ0v) is 13.7. The molecule has 4 nitrogen and oxygen atoms in total. The van der Waals surface area contributed by atoms with Crippen LogP contribution in [0.4, 0.5) is 13.2 Å². The van der Waals surface area contributed by atoms with Gasteiger partial charge in [-0.15, -0.1) is 0 Å². The van der Waals surface area contributed by atoms with Crippen molar-refractivity contribution < 1.29 is 32.2 Å². The standard InChI is InChI=1S/C18H17F3O4/c1-12(22)17-15(4-3-5-16(17)25-11-18(19,20)21)24-10-13-6-8-14(23-2)9-7-13/h3-9H,10-11H2,1-2H3. The predicted octanol–water partition coefficient (Wildman–Crippen LogP) is 4.42. The van der Waals surface area contributed by atoms with E-state index < -0.39 is 18.6 Å². The molecule has 134 valence electrons. The van der Waals surface area contributed by atoms with Crippen molar-refractivity contribution in [3.8, 4) is 17.2 Å². The number of methoxy groups -OCH3 is 1. The fourth-order valence-corrected chi connectivity index (χ4v) is 2.14. The Balaban J connectivity index is 2.17. The number of alkyl halides is 3. The second-order valence-electron chi connectivity index (χ2n) is 5.23. The molecule has 2 aromatic rings. The maximum atomic E-state index is 12.4. The fraction of sp³-hybridized carbons (Fsp3) is 0.278. The van der Waals surface area contributed by atoms with Crippen molar-refractivity contribution in [3.63, 3.8) is 0 Å². The molecule has 0 unspecified atom stereocenters. The van der Waals surface area contributed by atoms with Gasteiger partial charge in [-0.2, -0.15) is 13.2 Å². The molecular formula is C18H17F3O4. The summed E-state index contributed by atoms with van der Waals surface area (Å²) in [6.45, 7) is -0.0851. The van der Waals surface area contributed by atoms with Gasteiger partial charge in [0.2, 0.25) is 0 Å². The first kappa shape index (κ1) is 18.6. The largest absolute Gasteiger partial charge is 0.497 e. The summed E-state index contributed by atoms with van der Waals surface area (Å²) in [5, 5.41) is 0. The number of benzene rings is 2. The highest BCUT2D eigenvalue weighted by Gasteiger charge is 2.29. The highest BCUT2D eigenvalue weighted by Crippen LogP contribution is 2.31. The van der Waals surface area contributed by atoms with Crippen LogP contribution in [0.15, 0.2) is 42.5 Å². The second-order valence-corrected chi connectivity index (χ2v) is 5.23. The van der Waals surface area contributed by atoms with E-state index in [1.54, 1.807) is 31.4 Å². The molecule has 0 saturated heterocycles. The Morgan fingerprint density at radius 1 is 1.00 bits per heavy atom. The van der Waals surface area contributed by atoms with Crippen LogP contribution in [0, 0.1) is 0 Å². The van der Waals surface area contributed by atoms with Gasteiger partial charge in [-0.1, -0.05) is 18.2 Å². The monoisotopic (exact) mass is 354 g/mol. The number of hydrogen-bond donors (Lipinski definition) is 0. The van der Waals surface area contributed by atoms with Gasteiger partial charge in [0.15, 0.2) is 12.4 Å². The average Bonchev–Trinajstić information content (AvgIpc) is 2.57. The van der Waals surface area contributed by atoms with Gasteiger partial charge >= 0.3 is 6.18 Å². The van der Waals surface area contributed by atoms with Crippen LogP contribution in [-0.4, -0.2) is 25.7 Å². The van der Waals surface area contributed by atoms with E-state index in [1.807, 2.05) is 0 Å². The minimum Gasteiger partial charge on any atom is -0.497 e. The minimum atomic E-state index is -4.49. The number of carbonyl (C=O) groups excluding carboxylic acids is 1. The number of ketones is 1. The first-order valence-corrected chi connectivity index (χ1v) is 7.39. The number of rotatable bonds is 7. The summed E-state index contributed by atoms with van der Waals surface area (Å²) >= 11 is 0. The summed E-state index contributed by atoms with van der Waals surface area (Å²) in [5.41, 5.74) is 0.803. The zero-order chi connectivity index (χ0) is 18.4. The molecule has 2 rings (SSSR count). The van der Waals surface area contributed by atoms with Crippen LogP contribution < -0.4 is 14.2 Å². The van der Waals surface area contributed by atoms with Gasteiger partial charge in [0, 0.05) is 0 Å². The summed E-state index contributed by atoms with van der Waals surface area (Å²) in [6, 6.07) is 11.4. The first-order chi connectivity index (χ1) is 11.8. The van der Waals surface area contributed by atoms with Crippen molar-refractivity contribution in [2.45, 2.75) is 19.7 Å². The Labute approximate surface area is 143 Å². The van der Waals surface area contributed by atoms with Gasteiger partial charge in [0.25, 0.3) is 0 Å². The molecule has 0 aromatic heterocycles. The third kappa shape index (κ3) is 5.41. The Hall–Kier alpha value is -2.70. The van der Waals surface area contributed by atoms with Gasteiger partial charge in [-0.25, -0.2) is 0 Å². The lowest BCUT2D eigenvalue weighted by Gasteiger charge is -2.15. The average molecular weight is 354 g/mol. The molecule has 0 radical (unpaired) electrons. The van der Waals surface area contributed by atoms with E-state index in [4.69, 9.17) is 14.2 Å². The Morgan fingerprint density at radius 3 is 2.12 bits per heavy atom. The van der Waals surface area contributed by atoms with E-state index in [0.717, 1.165) is 5.56 Å². The number of Topliss-reactive ketones (excluding diaryl/α,β-unsaturated/α-hetero) is 1. The highest BCUT2D eigenvalue weighted by atomic mass is 19.4. The normalized spacial score (nSPS) is 11.1. The smallest absolute Gasteiger partial charge is 0.422 e. The molecule has 0 N–H and O–H groups in total. The maximum Gasteiger partial charge on any atom is 0.422 e. The molecule has 0 aliphatic carbocycles. The molecule has 0 amide bonds. The molecule has 0 aliphatic rings. The topological polar surface area (TPSA) is 44.8 Å². The Bertz CT molecular complexity index is 724. The van der Waals surface area contributed by atoms with Crippen LogP contribution in [0.2, 0.25) is 0 Å². The predicted molar refractivity (Wildman–Crippen MR) is 85.3 cm³/mol. The van der Waals surface area contributed by atoms with Crippen molar-refractivity contribution in [2.75, 3.05) is 13.7 Å². The quantitative estimate of drug-likeness (QED) is 0.691. The summed E-state index contributed by atoms with van der Waals surface area (Å²) in [7, 11) is 1.55. The molecule has 0 aliphatic heterocycles. The SMILES string of the molecule is COc1ccc(COc2cccc(OCC(F)(F)F)c2C(C)=O)cc1. The van der Waals surface area contributed by atoms with E-state index in [1.165, 1.54) is 25.1 Å². The van der Waals surface area contributed by atoms with Gasteiger partial charge in [0.05, 0.1) is 7.11 Å². The Morgan fingerprint density at radius 2 is 1.60 bits per heavy atom. The van der Waals surface area contributed by atoms with Gasteiger partial charge in [-0.3, -0.25) is 4.79 Å². The van der Waals surface area contributed by atoms with Crippen molar-refractivity contribution in [3.05, 3.63) is 53.6 Å². The fourth-order valence-electron chi connectivity index (χ4n) is 2.14. The van der Waals surface area contributed by atoms with Crippen LogP contribution >= 0.6 is 0 Å². The van der Waals surface area contributed by atoms with Crippen molar-refractivity contribution in [1.82, 2.24) is 0 Å². The van der Waals surface area contributed by atoms with Crippen molar-refractivity contribution in [1.29, 1.82) is 0 Å². The van der Waals surface area contributed by atoms with Crippen LogP contribution in [-0.2, 0) is 6.61 Å². The minimum absolute atomic E-state index is 0.0136. The van der Waals surface area contributed by atoms with Crippen LogP contribution in [0.5, 0.6) is 17.2 Å². The highest BCUT2D eigenvalue weighted by molar-refractivity contribution is 5.99. The molecule has 2 aromatic carbocycles. The third-order valence-corrected chi connectivity index (χ3v) is 3.28. The van der Waals surface area contributed by atoms with E-state index in [2.05, 4.69) is 0 Å². The first-order valence-electron chi connectivity index (χ1n) is 7.39. The summed E-state index contributed by atoms with van der Waals surface area (Å²) in [6.07, 6.45) is -4.49. The molecule has 0 saturated carbocycles. The van der Waals surface area contributed by atoms with E-state index >= 15 is 0 Å². The molecule has 0 heterocycles. The maximum absolute atomic E-state index is 12.4. The lowest BCUT2D eigenvalue weighted by Crippen LogP contribution is -2.20. The van der Waals surface area contributed by atoms with Crippen molar-refractivity contribution in [2.24, 2.45) is 0 Å². The molecule has 0 spiro atoms. The van der Waals surface area contributed by atoms with Crippen LogP contribution in [0.25, 0.3) is 0 Å². The number of halogens is 3. The molecule has 0 bridgehead atoms. The number of carbonyl (C=O) groups is 1. The van der Waals surface area contributed by atoms with Gasteiger partial charge in [-0.05, 0) is 36.8 Å². The van der Waals surface area contributed by atoms with Crippen LogP contribution in [0.3, 0.4) is 0 Å². The summed E-state index contributed by atoms with van der Waals surface area (Å²) in [5.74, 6) is 0.262. The van der Waals surface area contributed by atoms with Gasteiger partial charge < -0.3 is 14.2 Å². The molecule has 7 heteroatoms. The van der Waals surface area contributed by atoms with Gasteiger partial charge in [0.1, 0.15) is 29.4 Å². The van der Waals surface area contributed by atoms with Crippen LogP contribution in [0.1, 0.15) is 22.8 Å². The molecular weight excluding hydrogens is 337 g/mol. The summed E-state index contributed by atoms with van der Waals surface area (Å²) in [4.78, 5) is 11.8. The lowest BCUT2D eigenvalue weighted by molar-refractivity contribution is -0.153. The molecule has 0 fully saturated rings. The third-order valence-electron chi connectivity index (χ3n) is 3.28. The Kier molecular flexibility index (Phi) is 5.90.